The second kappa shape index (κ2) is 6.49. The van der Waals surface area contributed by atoms with Gasteiger partial charge in [-0.2, -0.15) is 8.78 Å². The maximum Gasteiger partial charge on any atom is 0.387 e. The number of benzene rings is 1. The average Bonchev–Trinajstić information content (AvgIpc) is 2.83. The normalized spacial score (nSPS) is 10.8. The van der Waals surface area contributed by atoms with Crippen LogP contribution in [0.3, 0.4) is 0 Å². The quantitative estimate of drug-likeness (QED) is 0.824. The number of alkyl halides is 2. The summed E-state index contributed by atoms with van der Waals surface area (Å²) in [5.74, 6) is 0.0228. The molecule has 0 aliphatic heterocycles. The predicted octanol–water partition coefficient (Wildman–Crippen LogP) is 4.77. The van der Waals surface area contributed by atoms with Crippen LogP contribution in [-0.4, -0.2) is 11.6 Å². The van der Waals surface area contributed by atoms with Crippen molar-refractivity contribution in [1.82, 2.24) is 4.98 Å². The molecular formula is C11H8BrClF2N2OS. The monoisotopic (exact) mass is 368 g/mol. The molecule has 1 N–H and O–H groups in total. The third kappa shape index (κ3) is 4.02. The smallest absolute Gasteiger partial charge is 0.387 e. The Labute approximate surface area is 125 Å². The molecule has 0 saturated carbocycles. The van der Waals surface area contributed by atoms with Crippen molar-refractivity contribution in [1.29, 1.82) is 0 Å². The van der Waals surface area contributed by atoms with E-state index in [9.17, 15) is 8.78 Å². The fraction of sp³-hybridized carbons (Fsp3) is 0.182. The number of aromatic nitrogens is 1. The lowest BCUT2D eigenvalue weighted by atomic mass is 10.3. The van der Waals surface area contributed by atoms with Crippen LogP contribution in [0.2, 0.25) is 5.02 Å². The molecule has 0 bridgehead atoms. The lowest BCUT2D eigenvalue weighted by Crippen LogP contribution is -2.07. The van der Waals surface area contributed by atoms with Crippen molar-refractivity contribution < 1.29 is 13.5 Å². The van der Waals surface area contributed by atoms with Crippen LogP contribution in [0.15, 0.2) is 27.5 Å². The number of nitrogens with zero attached hydrogens (tertiary/aromatic N) is 1. The van der Waals surface area contributed by atoms with Gasteiger partial charge in [0, 0.05) is 10.4 Å². The first-order valence-electron chi connectivity index (χ1n) is 5.11. The van der Waals surface area contributed by atoms with Gasteiger partial charge in [0.25, 0.3) is 0 Å². The number of anilines is 1. The van der Waals surface area contributed by atoms with Gasteiger partial charge in [0.05, 0.1) is 27.9 Å². The van der Waals surface area contributed by atoms with Crippen molar-refractivity contribution in [2.24, 2.45) is 0 Å². The summed E-state index contributed by atoms with van der Waals surface area (Å²) in [6.07, 6.45) is 0. The zero-order valence-corrected chi connectivity index (χ0v) is 12.5. The van der Waals surface area contributed by atoms with E-state index < -0.39 is 6.61 Å². The zero-order valence-electron chi connectivity index (χ0n) is 9.37. The summed E-state index contributed by atoms with van der Waals surface area (Å²) in [4.78, 5) is 4.09. The number of halogens is 4. The SMILES string of the molecule is FC(F)Oc1c(Br)cc(Cl)cc1NCc1cscn1. The van der Waals surface area contributed by atoms with Crippen LogP contribution in [0, 0.1) is 0 Å². The van der Waals surface area contributed by atoms with Crippen LogP contribution in [-0.2, 0) is 6.54 Å². The van der Waals surface area contributed by atoms with Crippen LogP contribution < -0.4 is 10.1 Å². The minimum atomic E-state index is -2.91. The van der Waals surface area contributed by atoms with Crippen LogP contribution in [0.25, 0.3) is 0 Å². The molecule has 3 nitrogen and oxygen atoms in total. The maximum atomic E-state index is 12.4. The Morgan fingerprint density at radius 3 is 2.89 bits per heavy atom. The van der Waals surface area contributed by atoms with E-state index in [0.29, 0.717) is 21.7 Å². The highest BCUT2D eigenvalue weighted by Gasteiger charge is 2.15. The summed E-state index contributed by atoms with van der Waals surface area (Å²) in [5, 5.41) is 5.25. The molecule has 0 amide bonds. The molecule has 0 aliphatic rings. The minimum Gasteiger partial charge on any atom is -0.431 e. The average molecular weight is 370 g/mol. The van der Waals surface area contributed by atoms with Crippen molar-refractivity contribution in [3.8, 4) is 5.75 Å². The Bertz CT molecular complexity index is 554. The molecule has 0 fully saturated rings. The van der Waals surface area contributed by atoms with Gasteiger partial charge < -0.3 is 10.1 Å². The van der Waals surface area contributed by atoms with Gasteiger partial charge in [-0.15, -0.1) is 11.3 Å². The lowest BCUT2D eigenvalue weighted by molar-refractivity contribution is -0.0498. The molecule has 1 heterocycles. The molecule has 0 atom stereocenters. The van der Waals surface area contributed by atoms with Crippen molar-refractivity contribution >= 4 is 44.6 Å². The first-order chi connectivity index (χ1) is 9.06. The number of rotatable bonds is 5. The molecule has 0 aliphatic carbocycles. The number of thiazole rings is 1. The molecule has 1 aromatic heterocycles. The number of ether oxygens (including phenoxy) is 1. The van der Waals surface area contributed by atoms with E-state index >= 15 is 0 Å². The molecule has 0 saturated heterocycles. The summed E-state index contributed by atoms with van der Waals surface area (Å²) in [6.45, 7) is -2.51. The minimum absolute atomic E-state index is 0.0228. The summed E-state index contributed by atoms with van der Waals surface area (Å²) in [5.41, 5.74) is 2.89. The fourth-order valence-electron chi connectivity index (χ4n) is 1.41. The number of hydrogen-bond acceptors (Lipinski definition) is 4. The van der Waals surface area contributed by atoms with Crippen LogP contribution in [0.1, 0.15) is 5.69 Å². The first-order valence-corrected chi connectivity index (χ1v) is 7.22. The van der Waals surface area contributed by atoms with E-state index in [1.807, 2.05) is 5.38 Å². The summed E-state index contributed by atoms with van der Waals surface area (Å²) in [7, 11) is 0. The molecule has 0 spiro atoms. The molecule has 1 aromatic carbocycles. The molecule has 2 aromatic rings. The molecule has 2 rings (SSSR count). The highest BCUT2D eigenvalue weighted by molar-refractivity contribution is 9.10. The van der Waals surface area contributed by atoms with Gasteiger partial charge in [-0.05, 0) is 28.1 Å². The molecule has 102 valence electrons. The molecule has 0 radical (unpaired) electrons. The summed E-state index contributed by atoms with van der Waals surface area (Å²) >= 11 is 10.5. The second-order valence-corrected chi connectivity index (χ2v) is 5.49. The Morgan fingerprint density at radius 1 is 1.47 bits per heavy atom. The van der Waals surface area contributed by atoms with Crippen LogP contribution >= 0.6 is 38.9 Å². The van der Waals surface area contributed by atoms with E-state index in [1.54, 1.807) is 5.51 Å². The van der Waals surface area contributed by atoms with E-state index in [4.69, 9.17) is 11.6 Å². The standard InChI is InChI=1S/C11H8BrClF2N2OS/c12-8-1-6(13)2-9(10(8)18-11(14)15)16-3-7-4-19-5-17-7/h1-2,4-5,11,16H,3H2. The third-order valence-electron chi connectivity index (χ3n) is 2.16. The van der Waals surface area contributed by atoms with Crippen molar-refractivity contribution in [2.75, 3.05) is 5.32 Å². The van der Waals surface area contributed by atoms with Gasteiger partial charge in [0.15, 0.2) is 5.75 Å². The van der Waals surface area contributed by atoms with Crippen LogP contribution in [0.4, 0.5) is 14.5 Å². The largest absolute Gasteiger partial charge is 0.431 e. The van der Waals surface area contributed by atoms with Crippen LogP contribution in [0.5, 0.6) is 5.75 Å². The summed E-state index contributed by atoms with van der Waals surface area (Å²) < 4.78 is 29.6. The van der Waals surface area contributed by atoms with Gasteiger partial charge in [-0.1, -0.05) is 11.6 Å². The van der Waals surface area contributed by atoms with Crippen molar-refractivity contribution in [3.63, 3.8) is 0 Å². The van der Waals surface area contributed by atoms with Crippen molar-refractivity contribution in [3.05, 3.63) is 38.2 Å². The Hall–Kier alpha value is -0.920. The Kier molecular flexibility index (Phi) is 4.95. The molecule has 0 unspecified atom stereocenters. The van der Waals surface area contributed by atoms with Gasteiger partial charge in [0.1, 0.15) is 0 Å². The second-order valence-electron chi connectivity index (χ2n) is 3.48. The van der Waals surface area contributed by atoms with Gasteiger partial charge in [-0.3, -0.25) is 0 Å². The molecule has 8 heteroatoms. The highest BCUT2D eigenvalue weighted by atomic mass is 79.9. The predicted molar refractivity (Wildman–Crippen MR) is 75.2 cm³/mol. The lowest BCUT2D eigenvalue weighted by Gasteiger charge is -2.14. The summed E-state index contributed by atoms with van der Waals surface area (Å²) in [6, 6.07) is 3.02. The third-order valence-corrected chi connectivity index (χ3v) is 3.60. The maximum absolute atomic E-state index is 12.4. The van der Waals surface area contributed by atoms with Gasteiger partial charge in [-0.25, -0.2) is 4.98 Å². The van der Waals surface area contributed by atoms with Gasteiger partial charge >= 0.3 is 6.61 Å². The highest BCUT2D eigenvalue weighted by Crippen LogP contribution is 2.37. The van der Waals surface area contributed by atoms with Crippen molar-refractivity contribution in [2.45, 2.75) is 13.2 Å². The molecule has 19 heavy (non-hydrogen) atoms. The first kappa shape index (κ1) is 14.5. The van der Waals surface area contributed by atoms with E-state index in [0.717, 1.165) is 5.69 Å². The van der Waals surface area contributed by atoms with E-state index in [2.05, 4.69) is 31.0 Å². The Morgan fingerprint density at radius 2 is 2.26 bits per heavy atom. The topological polar surface area (TPSA) is 34.1 Å². The fourth-order valence-corrected chi connectivity index (χ4v) is 2.87. The van der Waals surface area contributed by atoms with E-state index in [-0.39, 0.29) is 5.75 Å². The van der Waals surface area contributed by atoms with E-state index in [1.165, 1.54) is 23.5 Å². The number of nitrogens with one attached hydrogen (secondary N) is 1. The Balaban J connectivity index is 2.21. The number of hydrogen-bond donors (Lipinski definition) is 1. The molecular weight excluding hydrogens is 362 g/mol. The van der Waals surface area contributed by atoms with Gasteiger partial charge in [0.2, 0.25) is 0 Å². The zero-order chi connectivity index (χ0) is 13.8.